The quantitative estimate of drug-likeness (QED) is 0.0990. The van der Waals surface area contributed by atoms with E-state index in [1.54, 1.807) is 24.3 Å². The summed E-state index contributed by atoms with van der Waals surface area (Å²) in [5.41, 5.74) is 15.8. The van der Waals surface area contributed by atoms with E-state index in [9.17, 15) is 0 Å². The van der Waals surface area contributed by atoms with E-state index in [0.29, 0.717) is 22.5 Å². The molecule has 5 aromatic carbocycles. The molecule has 0 saturated carbocycles. The molecule has 6 nitrogen and oxygen atoms in total. The summed E-state index contributed by atoms with van der Waals surface area (Å²) in [5, 5.41) is 36.1. The fraction of sp³-hybridized carbons (Fsp3) is 0.120. The van der Waals surface area contributed by atoms with E-state index in [0.717, 1.165) is 46.0 Å². The molecular weight excluding hydrogens is 749 g/mol. The van der Waals surface area contributed by atoms with Gasteiger partial charge in [0.05, 0.1) is 22.8 Å². The minimum atomic E-state index is -0.121. The van der Waals surface area contributed by atoms with Crippen LogP contribution in [0.5, 0.6) is 0 Å². The molecule has 0 radical (unpaired) electrons. The van der Waals surface area contributed by atoms with Crippen LogP contribution in [0.2, 0.25) is 0 Å². The number of rotatable bonds is 6. The van der Waals surface area contributed by atoms with Gasteiger partial charge in [0.25, 0.3) is 0 Å². The summed E-state index contributed by atoms with van der Waals surface area (Å²) in [5.74, 6) is 0. The Hall–Kier alpha value is -6.22. The maximum atomic E-state index is 8.85. The van der Waals surface area contributed by atoms with Crippen LogP contribution < -0.4 is 0 Å². The average Bonchev–Trinajstić information content (AvgIpc) is 3.62. The SMILES string of the molecule is CC1(C)c2ccccc2-c2ccc(-c3cccc(C(=N)SC(=N)c4ccc(C(=N)SC(=N)c5cccc(-c6ccc7c(c6)C(C)(C)c6ccccc6-7)n5)cc4)n3)cc21. The highest BCUT2D eigenvalue weighted by atomic mass is 32.2. The van der Waals surface area contributed by atoms with Gasteiger partial charge in [-0.2, -0.15) is 0 Å². The number of hydrogen-bond acceptors (Lipinski definition) is 8. The van der Waals surface area contributed by atoms with Crippen LogP contribution in [0.1, 0.15) is 72.5 Å². The molecule has 2 aliphatic carbocycles. The van der Waals surface area contributed by atoms with Gasteiger partial charge >= 0.3 is 0 Å². The van der Waals surface area contributed by atoms with Gasteiger partial charge in [0.15, 0.2) is 0 Å². The van der Waals surface area contributed by atoms with Crippen molar-refractivity contribution in [1.82, 2.24) is 9.97 Å². The molecule has 58 heavy (non-hydrogen) atoms. The first-order valence-corrected chi connectivity index (χ1v) is 20.8. The lowest BCUT2D eigenvalue weighted by molar-refractivity contribution is 0.660. The highest BCUT2D eigenvalue weighted by Crippen LogP contribution is 2.50. The molecule has 0 bridgehead atoms. The Balaban J connectivity index is 0.848. The smallest absolute Gasteiger partial charge is 0.119 e. The van der Waals surface area contributed by atoms with Crippen molar-refractivity contribution in [2.75, 3.05) is 0 Å². The summed E-state index contributed by atoms with van der Waals surface area (Å²) in [6.45, 7) is 9.04. The van der Waals surface area contributed by atoms with E-state index in [-0.39, 0.29) is 31.0 Å². The Kier molecular flexibility index (Phi) is 9.22. The number of pyridine rings is 2. The van der Waals surface area contributed by atoms with E-state index in [4.69, 9.17) is 31.6 Å². The van der Waals surface area contributed by atoms with E-state index in [1.165, 1.54) is 44.5 Å². The Bertz CT molecular complexity index is 2680. The van der Waals surface area contributed by atoms with Gasteiger partial charge in [-0.3, -0.25) is 21.6 Å². The second kappa shape index (κ2) is 14.3. The topological polar surface area (TPSA) is 121 Å². The number of benzene rings is 5. The van der Waals surface area contributed by atoms with Gasteiger partial charge in [-0.1, -0.05) is 137 Å². The van der Waals surface area contributed by atoms with Crippen LogP contribution in [0.25, 0.3) is 44.8 Å². The fourth-order valence-corrected chi connectivity index (χ4v) is 9.72. The molecule has 2 aromatic heterocycles. The van der Waals surface area contributed by atoms with Gasteiger partial charge in [-0.05, 0) is 104 Å². The number of thioether (sulfide) groups is 2. The lowest BCUT2D eigenvalue weighted by atomic mass is 9.82. The Morgan fingerprint density at radius 2 is 0.776 bits per heavy atom. The zero-order valence-electron chi connectivity index (χ0n) is 32.6. The lowest BCUT2D eigenvalue weighted by Gasteiger charge is -2.21. The van der Waals surface area contributed by atoms with Crippen LogP contribution in [0, 0.1) is 21.6 Å². The van der Waals surface area contributed by atoms with Crippen LogP contribution in [0.4, 0.5) is 0 Å². The largest absolute Gasteiger partial charge is 0.293 e. The second-order valence-electron chi connectivity index (χ2n) is 15.8. The van der Waals surface area contributed by atoms with E-state index in [2.05, 4.69) is 113 Å². The summed E-state index contributed by atoms with van der Waals surface area (Å²) in [7, 11) is 0. The van der Waals surface area contributed by atoms with Gasteiger partial charge in [-0.15, -0.1) is 0 Å². The third-order valence-electron chi connectivity index (χ3n) is 11.5. The highest BCUT2D eigenvalue weighted by Gasteiger charge is 2.36. The van der Waals surface area contributed by atoms with Crippen molar-refractivity contribution in [3.8, 4) is 44.8 Å². The van der Waals surface area contributed by atoms with E-state index in [1.807, 2.05) is 36.4 Å². The fourth-order valence-electron chi connectivity index (χ4n) is 8.37. The van der Waals surface area contributed by atoms with Crippen molar-refractivity contribution < 1.29 is 0 Å². The Labute approximate surface area is 347 Å². The first kappa shape index (κ1) is 37.4. The van der Waals surface area contributed by atoms with Crippen molar-refractivity contribution in [2.24, 2.45) is 0 Å². The van der Waals surface area contributed by atoms with Gasteiger partial charge in [0.2, 0.25) is 0 Å². The molecule has 0 unspecified atom stereocenters. The minimum absolute atomic E-state index is 0.121. The third-order valence-corrected chi connectivity index (χ3v) is 13.2. The molecule has 282 valence electrons. The van der Waals surface area contributed by atoms with Crippen LogP contribution in [-0.2, 0) is 10.8 Å². The molecule has 4 N–H and O–H groups in total. The van der Waals surface area contributed by atoms with Gasteiger partial charge < -0.3 is 0 Å². The summed E-state index contributed by atoms with van der Waals surface area (Å²) >= 11 is 2.10. The maximum absolute atomic E-state index is 8.85. The molecule has 0 saturated heterocycles. The average molecular weight is 789 g/mol. The van der Waals surface area contributed by atoms with Crippen molar-refractivity contribution in [1.29, 1.82) is 21.6 Å². The first-order valence-electron chi connectivity index (χ1n) is 19.2. The predicted octanol–water partition coefficient (Wildman–Crippen LogP) is 12.6. The standard InChI is InChI=1S/C50H40N6S2/c1-49(2)37-13-7-5-11-33(37)35-25-23-31(27-39(35)49)41-15-9-17-43(55-41)47(53)57-45(51)29-19-21-30(22-20-29)46(52)58-48(54)44-18-10-16-42(56-44)32-24-26-36-34-12-6-8-14-38(34)50(3,4)40(36)28-32/h5-28,51-54H,1-4H3. The summed E-state index contributed by atoms with van der Waals surface area (Å²) in [6, 6.07) is 48.7. The molecule has 9 rings (SSSR count). The normalized spacial score (nSPS) is 13.9. The van der Waals surface area contributed by atoms with E-state index < -0.39 is 0 Å². The van der Waals surface area contributed by atoms with Gasteiger partial charge in [0, 0.05) is 33.1 Å². The molecule has 7 aromatic rings. The predicted molar refractivity (Wildman–Crippen MR) is 243 cm³/mol. The summed E-state index contributed by atoms with van der Waals surface area (Å²) < 4.78 is 0. The molecule has 0 atom stereocenters. The highest BCUT2D eigenvalue weighted by molar-refractivity contribution is 8.27. The van der Waals surface area contributed by atoms with Crippen LogP contribution in [-0.4, -0.2) is 30.1 Å². The molecule has 8 heteroatoms. The van der Waals surface area contributed by atoms with Crippen LogP contribution in [0.3, 0.4) is 0 Å². The van der Waals surface area contributed by atoms with E-state index >= 15 is 0 Å². The van der Waals surface area contributed by atoms with Crippen LogP contribution >= 0.6 is 23.5 Å². The number of fused-ring (bicyclic) bond motifs is 6. The zero-order chi connectivity index (χ0) is 40.3. The molecule has 2 heterocycles. The van der Waals surface area contributed by atoms with Crippen molar-refractivity contribution in [3.05, 3.63) is 190 Å². The maximum Gasteiger partial charge on any atom is 0.119 e. The Morgan fingerprint density at radius 1 is 0.397 bits per heavy atom. The lowest BCUT2D eigenvalue weighted by Crippen LogP contribution is -2.15. The van der Waals surface area contributed by atoms with Gasteiger partial charge in [-0.25, -0.2) is 9.97 Å². The summed E-state index contributed by atoms with van der Waals surface area (Å²) in [6.07, 6.45) is 0. The molecule has 0 fully saturated rings. The molecule has 0 amide bonds. The molecule has 0 aliphatic heterocycles. The molecule has 0 spiro atoms. The number of hydrogen-bond donors (Lipinski definition) is 4. The molecule has 2 aliphatic rings. The number of nitrogens with zero attached hydrogens (tertiary/aromatic N) is 2. The number of nitrogens with one attached hydrogen (secondary N) is 4. The van der Waals surface area contributed by atoms with Crippen molar-refractivity contribution in [2.45, 2.75) is 38.5 Å². The second-order valence-corrected chi connectivity index (χ2v) is 17.8. The summed E-state index contributed by atoms with van der Waals surface area (Å²) in [4.78, 5) is 9.71. The van der Waals surface area contributed by atoms with Crippen molar-refractivity contribution >= 4 is 43.7 Å². The first-order chi connectivity index (χ1) is 27.9. The Morgan fingerprint density at radius 3 is 1.19 bits per heavy atom. The third kappa shape index (κ3) is 6.42. The van der Waals surface area contributed by atoms with Gasteiger partial charge in [0.1, 0.15) is 20.2 Å². The monoisotopic (exact) mass is 788 g/mol. The zero-order valence-corrected chi connectivity index (χ0v) is 34.2. The molecular formula is C50H40N6S2. The van der Waals surface area contributed by atoms with Crippen molar-refractivity contribution in [3.63, 3.8) is 0 Å². The number of aromatic nitrogens is 2. The minimum Gasteiger partial charge on any atom is -0.293 e. The van der Waals surface area contributed by atoms with Crippen LogP contribution in [0.15, 0.2) is 146 Å².